The van der Waals surface area contributed by atoms with E-state index in [-0.39, 0.29) is 11.7 Å². The Morgan fingerprint density at radius 2 is 2.04 bits per heavy atom. The smallest absolute Gasteiger partial charge is 0.360 e. The number of carbonyl (C=O) groups is 2. The highest BCUT2D eigenvalue weighted by atomic mass is 16.5. The number of nitrogens with zero attached hydrogens (tertiary/aromatic N) is 3. The molecule has 26 heavy (non-hydrogen) atoms. The molecule has 8 nitrogen and oxygen atoms in total. The maximum atomic E-state index is 12.4. The number of rotatable bonds is 6. The van der Waals surface area contributed by atoms with Gasteiger partial charge in [-0.1, -0.05) is 25.1 Å². The quantitative estimate of drug-likeness (QED) is 0.662. The van der Waals surface area contributed by atoms with Crippen molar-refractivity contribution >= 4 is 28.6 Å². The third-order valence-electron chi connectivity index (χ3n) is 4.25. The Hall–Kier alpha value is -3.16. The lowest BCUT2D eigenvalue weighted by Crippen LogP contribution is -2.31. The highest BCUT2D eigenvalue weighted by molar-refractivity contribution is 6.03. The summed E-state index contributed by atoms with van der Waals surface area (Å²) in [5, 5.41) is 14.4. The molecule has 3 aromatic rings. The van der Waals surface area contributed by atoms with E-state index in [2.05, 4.69) is 20.6 Å². The number of hydrogen-bond acceptors (Lipinski definition) is 5. The van der Waals surface area contributed by atoms with Crippen molar-refractivity contribution in [2.24, 2.45) is 0 Å². The van der Waals surface area contributed by atoms with Gasteiger partial charge in [-0.15, -0.1) is 0 Å². The summed E-state index contributed by atoms with van der Waals surface area (Å²) in [7, 11) is 0. The second-order valence-electron chi connectivity index (χ2n) is 6.07. The highest BCUT2D eigenvalue weighted by Gasteiger charge is 2.23. The van der Waals surface area contributed by atoms with E-state index in [1.807, 2.05) is 26.0 Å². The average Bonchev–Trinajstić information content (AvgIpc) is 3.27. The zero-order valence-electron chi connectivity index (χ0n) is 14.9. The standard InChI is InChI=1S/C18H21N5O3/c1-4-11(2)23-15(9-10-19-23)20-17(24)12(3)26-18(25)16-13-7-5-6-8-14(13)21-22-16/h5-12H,4H2,1-3H3,(H,20,24)(H,21,22)/t11-,12-/m0/s1. The summed E-state index contributed by atoms with van der Waals surface area (Å²) < 4.78 is 7.01. The Kier molecular flexibility index (Phi) is 5.01. The van der Waals surface area contributed by atoms with Crippen LogP contribution in [0.1, 0.15) is 43.7 Å². The first kappa shape index (κ1) is 17.7. The fraction of sp³-hybridized carbons (Fsp3) is 0.333. The molecule has 0 saturated heterocycles. The molecule has 0 aliphatic rings. The SMILES string of the molecule is CC[C@H](C)n1nccc1NC(=O)[C@H](C)OC(=O)c1n[nH]c2ccccc12. The molecular weight excluding hydrogens is 334 g/mol. The molecule has 0 spiro atoms. The fourth-order valence-electron chi connectivity index (χ4n) is 2.55. The van der Waals surface area contributed by atoms with E-state index in [4.69, 9.17) is 4.74 Å². The fourth-order valence-corrected chi connectivity index (χ4v) is 2.55. The molecule has 0 aliphatic carbocycles. The molecule has 0 aliphatic heterocycles. The highest BCUT2D eigenvalue weighted by Crippen LogP contribution is 2.18. The molecule has 2 heterocycles. The van der Waals surface area contributed by atoms with Crippen LogP contribution in [0.15, 0.2) is 36.5 Å². The summed E-state index contributed by atoms with van der Waals surface area (Å²) in [6.07, 6.45) is 1.52. The van der Waals surface area contributed by atoms with Gasteiger partial charge in [0, 0.05) is 11.5 Å². The van der Waals surface area contributed by atoms with E-state index < -0.39 is 18.0 Å². The zero-order chi connectivity index (χ0) is 18.7. The predicted molar refractivity (Wildman–Crippen MR) is 96.8 cm³/mol. The number of fused-ring (bicyclic) bond motifs is 1. The Morgan fingerprint density at radius 3 is 2.81 bits per heavy atom. The monoisotopic (exact) mass is 355 g/mol. The number of anilines is 1. The minimum absolute atomic E-state index is 0.147. The normalized spacial score (nSPS) is 13.3. The first-order chi connectivity index (χ1) is 12.5. The number of aromatic amines is 1. The lowest BCUT2D eigenvalue weighted by Gasteiger charge is -2.16. The summed E-state index contributed by atoms with van der Waals surface area (Å²) in [4.78, 5) is 24.7. The van der Waals surface area contributed by atoms with E-state index in [1.54, 1.807) is 29.1 Å². The Morgan fingerprint density at radius 1 is 1.27 bits per heavy atom. The van der Waals surface area contributed by atoms with E-state index in [0.29, 0.717) is 11.2 Å². The van der Waals surface area contributed by atoms with Crippen LogP contribution in [0, 0.1) is 0 Å². The minimum atomic E-state index is -0.974. The zero-order valence-corrected chi connectivity index (χ0v) is 14.9. The van der Waals surface area contributed by atoms with Crippen molar-refractivity contribution in [1.82, 2.24) is 20.0 Å². The van der Waals surface area contributed by atoms with Crippen LogP contribution in [0.4, 0.5) is 5.82 Å². The summed E-state index contributed by atoms with van der Waals surface area (Å²) in [5.74, 6) is -0.513. The molecule has 0 saturated carbocycles. The number of para-hydroxylation sites is 1. The van der Waals surface area contributed by atoms with Gasteiger partial charge in [-0.3, -0.25) is 9.89 Å². The molecule has 1 aromatic carbocycles. The van der Waals surface area contributed by atoms with Crippen LogP contribution < -0.4 is 5.32 Å². The first-order valence-electron chi connectivity index (χ1n) is 8.49. The third kappa shape index (κ3) is 3.44. The maximum Gasteiger partial charge on any atom is 0.360 e. The second kappa shape index (κ2) is 7.38. The topological polar surface area (TPSA) is 102 Å². The number of H-pyrrole nitrogens is 1. The molecular formula is C18H21N5O3. The molecule has 0 unspecified atom stereocenters. The summed E-state index contributed by atoms with van der Waals surface area (Å²) >= 11 is 0. The van der Waals surface area contributed by atoms with Gasteiger partial charge in [-0.25, -0.2) is 9.48 Å². The van der Waals surface area contributed by atoms with Gasteiger partial charge in [0.25, 0.3) is 5.91 Å². The number of carbonyl (C=O) groups excluding carboxylic acids is 2. The number of aromatic nitrogens is 4. The summed E-state index contributed by atoms with van der Waals surface area (Å²) in [5.41, 5.74) is 0.888. The van der Waals surface area contributed by atoms with Gasteiger partial charge in [0.1, 0.15) is 5.82 Å². The predicted octanol–water partition coefficient (Wildman–Crippen LogP) is 2.91. The van der Waals surface area contributed by atoms with Crippen LogP contribution >= 0.6 is 0 Å². The lowest BCUT2D eigenvalue weighted by molar-refractivity contribution is -0.123. The molecule has 0 radical (unpaired) electrons. The number of nitrogens with one attached hydrogen (secondary N) is 2. The van der Waals surface area contributed by atoms with Gasteiger partial charge in [0.15, 0.2) is 11.8 Å². The summed E-state index contributed by atoms with van der Waals surface area (Å²) in [6, 6.07) is 9.08. The largest absolute Gasteiger partial charge is 0.448 e. The van der Waals surface area contributed by atoms with Crippen LogP contribution in [0.5, 0.6) is 0 Å². The van der Waals surface area contributed by atoms with Gasteiger partial charge in [-0.2, -0.15) is 10.2 Å². The number of amides is 1. The Labute approximate surface area is 150 Å². The average molecular weight is 355 g/mol. The van der Waals surface area contributed by atoms with Crippen LogP contribution in [-0.4, -0.2) is 38.0 Å². The maximum absolute atomic E-state index is 12.4. The van der Waals surface area contributed by atoms with Crippen molar-refractivity contribution < 1.29 is 14.3 Å². The van der Waals surface area contributed by atoms with Crippen LogP contribution in [0.3, 0.4) is 0 Å². The van der Waals surface area contributed by atoms with E-state index in [9.17, 15) is 9.59 Å². The van der Waals surface area contributed by atoms with E-state index in [1.165, 1.54) is 6.92 Å². The molecule has 2 atom stereocenters. The minimum Gasteiger partial charge on any atom is -0.448 e. The molecule has 0 fully saturated rings. The van der Waals surface area contributed by atoms with Gasteiger partial charge in [0.2, 0.25) is 0 Å². The van der Waals surface area contributed by atoms with Gasteiger partial charge < -0.3 is 10.1 Å². The van der Waals surface area contributed by atoms with E-state index in [0.717, 1.165) is 11.9 Å². The molecule has 8 heteroatoms. The Balaban J connectivity index is 1.68. The number of esters is 1. The molecule has 0 bridgehead atoms. The number of ether oxygens (including phenoxy) is 1. The third-order valence-corrected chi connectivity index (χ3v) is 4.25. The molecule has 2 N–H and O–H groups in total. The van der Waals surface area contributed by atoms with Crippen molar-refractivity contribution in [3.63, 3.8) is 0 Å². The molecule has 2 aromatic heterocycles. The summed E-state index contributed by atoms with van der Waals surface area (Å²) in [6.45, 7) is 5.57. The number of benzene rings is 1. The van der Waals surface area contributed by atoms with Gasteiger partial charge in [0.05, 0.1) is 17.8 Å². The molecule has 136 valence electrons. The van der Waals surface area contributed by atoms with Crippen molar-refractivity contribution in [2.75, 3.05) is 5.32 Å². The van der Waals surface area contributed by atoms with Crippen LogP contribution in [-0.2, 0) is 9.53 Å². The van der Waals surface area contributed by atoms with Crippen LogP contribution in [0.25, 0.3) is 10.9 Å². The Bertz CT molecular complexity index is 930. The van der Waals surface area contributed by atoms with Crippen molar-refractivity contribution in [2.45, 2.75) is 39.3 Å². The number of hydrogen-bond donors (Lipinski definition) is 2. The van der Waals surface area contributed by atoms with Gasteiger partial charge in [-0.05, 0) is 26.3 Å². The molecule has 1 amide bonds. The second-order valence-corrected chi connectivity index (χ2v) is 6.07. The van der Waals surface area contributed by atoms with Crippen LogP contribution in [0.2, 0.25) is 0 Å². The molecule has 3 rings (SSSR count). The lowest BCUT2D eigenvalue weighted by atomic mass is 10.2. The van der Waals surface area contributed by atoms with Crippen molar-refractivity contribution in [3.05, 3.63) is 42.2 Å². The first-order valence-corrected chi connectivity index (χ1v) is 8.49. The van der Waals surface area contributed by atoms with Crippen molar-refractivity contribution in [3.8, 4) is 0 Å². The van der Waals surface area contributed by atoms with E-state index >= 15 is 0 Å². The van der Waals surface area contributed by atoms with Crippen molar-refractivity contribution in [1.29, 1.82) is 0 Å². The van der Waals surface area contributed by atoms with Gasteiger partial charge >= 0.3 is 5.97 Å².